The maximum atomic E-state index is 9.49. The summed E-state index contributed by atoms with van der Waals surface area (Å²) in [6.07, 6.45) is 11.7. The summed E-state index contributed by atoms with van der Waals surface area (Å²) in [7, 11) is 1.78. The molecule has 7 heteroatoms. The molecule has 6 aromatic rings. The highest BCUT2D eigenvalue weighted by atomic mass is 32.2. The summed E-state index contributed by atoms with van der Waals surface area (Å²) in [5, 5.41) is 11.7. The zero-order valence-corrected chi connectivity index (χ0v) is 36.4. The summed E-state index contributed by atoms with van der Waals surface area (Å²) in [5.41, 5.74) is 9.21. The number of aliphatic hydroxyl groups excluding tert-OH is 1. The number of methoxy groups -OCH3 is 1. The standard InChI is InChI=1S/C54H55NO5S/c1-4-52(5-2)25-27-53(28-26-52)46-14-10-9-13-42(46)49-44-36-48(61-41-11-7-6-8-12-41)47(57-3)35-45(44)51-43(50(49)53)23-24-54(60-51,38-17-21-40(22-18-38)59-34-31-56)37-15-19-39(20-16-37)55-29-32-58-33-30-55/h6-24,35-36,56H,4-5,25-34H2,1-3H3. The molecule has 2 fully saturated rings. The van der Waals surface area contributed by atoms with Gasteiger partial charge in [0.05, 0.1) is 31.8 Å². The van der Waals surface area contributed by atoms with Crippen molar-refractivity contribution in [3.05, 3.63) is 149 Å². The van der Waals surface area contributed by atoms with E-state index in [-0.39, 0.29) is 18.6 Å². The van der Waals surface area contributed by atoms with Crippen LogP contribution in [0.4, 0.5) is 5.69 Å². The molecular formula is C54H55NO5S. The second kappa shape index (κ2) is 16.2. The Bertz CT molecular complexity index is 2570. The van der Waals surface area contributed by atoms with E-state index in [1.54, 1.807) is 18.9 Å². The SMILES string of the molecule is CCC1(CC)CCC2(CC1)c1ccccc1-c1c2c2c(c3cc(OC)c(Sc4ccccc4)cc13)OC(c1ccc(OCCO)cc1)(c1ccc(N3CCOCC3)cc1)C=C2. The Morgan fingerprint density at radius 2 is 1.46 bits per heavy atom. The molecule has 1 atom stereocenters. The van der Waals surface area contributed by atoms with Gasteiger partial charge in [0.2, 0.25) is 0 Å². The lowest BCUT2D eigenvalue weighted by atomic mass is 9.58. The Balaban J connectivity index is 1.22. The van der Waals surface area contributed by atoms with Gasteiger partial charge in [0.25, 0.3) is 0 Å². The number of rotatable bonds is 11. The minimum Gasteiger partial charge on any atom is -0.496 e. The van der Waals surface area contributed by atoms with Crippen molar-refractivity contribution in [2.75, 3.05) is 51.5 Å². The van der Waals surface area contributed by atoms with E-state index in [1.165, 1.54) is 69.5 Å². The van der Waals surface area contributed by atoms with Crippen molar-refractivity contribution in [3.63, 3.8) is 0 Å². The first kappa shape index (κ1) is 39.9. The van der Waals surface area contributed by atoms with Crippen LogP contribution in [0.1, 0.15) is 80.2 Å². The van der Waals surface area contributed by atoms with Crippen molar-refractivity contribution < 1.29 is 24.1 Å². The molecule has 1 spiro atoms. The average Bonchev–Trinajstić information content (AvgIpc) is 3.61. The monoisotopic (exact) mass is 829 g/mol. The first-order valence-corrected chi connectivity index (χ1v) is 23.0. The lowest BCUT2D eigenvalue weighted by Crippen LogP contribution is -2.38. The van der Waals surface area contributed by atoms with E-state index in [0.717, 1.165) is 72.1 Å². The topological polar surface area (TPSA) is 60.4 Å². The van der Waals surface area contributed by atoms with Gasteiger partial charge in [0.15, 0.2) is 5.60 Å². The van der Waals surface area contributed by atoms with Crippen LogP contribution in [-0.4, -0.2) is 51.7 Å². The predicted octanol–water partition coefficient (Wildman–Crippen LogP) is 12.2. The maximum Gasteiger partial charge on any atom is 0.178 e. The second-order valence-electron chi connectivity index (χ2n) is 17.2. The fraction of sp³-hybridized carbons (Fsp3) is 0.333. The average molecular weight is 830 g/mol. The molecule has 0 aromatic heterocycles. The zero-order chi connectivity index (χ0) is 41.6. The van der Waals surface area contributed by atoms with Crippen LogP contribution in [0.15, 0.2) is 131 Å². The summed E-state index contributed by atoms with van der Waals surface area (Å²) in [4.78, 5) is 4.64. The predicted molar refractivity (Wildman–Crippen MR) is 248 cm³/mol. The Kier molecular flexibility index (Phi) is 10.6. The Morgan fingerprint density at radius 1 is 0.770 bits per heavy atom. The van der Waals surface area contributed by atoms with Gasteiger partial charge in [-0.2, -0.15) is 0 Å². The molecule has 61 heavy (non-hydrogen) atoms. The van der Waals surface area contributed by atoms with E-state index in [2.05, 4.69) is 134 Å². The van der Waals surface area contributed by atoms with Crippen LogP contribution < -0.4 is 19.1 Å². The van der Waals surface area contributed by atoms with Crippen LogP contribution in [0, 0.1) is 5.41 Å². The van der Waals surface area contributed by atoms with Gasteiger partial charge in [-0.05, 0) is 113 Å². The minimum absolute atomic E-state index is 0.0422. The lowest BCUT2D eigenvalue weighted by Gasteiger charge is -2.47. The van der Waals surface area contributed by atoms with Gasteiger partial charge in [-0.1, -0.05) is 111 Å². The Labute approximate surface area is 364 Å². The van der Waals surface area contributed by atoms with Crippen molar-refractivity contribution >= 4 is 34.3 Å². The number of hydrogen-bond acceptors (Lipinski definition) is 7. The first-order chi connectivity index (χ1) is 29.9. The second-order valence-corrected chi connectivity index (χ2v) is 18.3. The summed E-state index contributed by atoms with van der Waals surface area (Å²) >= 11 is 1.74. The van der Waals surface area contributed by atoms with Gasteiger partial charge < -0.3 is 29.0 Å². The highest BCUT2D eigenvalue weighted by molar-refractivity contribution is 7.99. The van der Waals surface area contributed by atoms with E-state index < -0.39 is 5.60 Å². The van der Waals surface area contributed by atoms with Gasteiger partial charge >= 0.3 is 0 Å². The van der Waals surface area contributed by atoms with Crippen LogP contribution in [0.2, 0.25) is 0 Å². The number of hydrogen-bond donors (Lipinski definition) is 1. The van der Waals surface area contributed by atoms with Crippen LogP contribution >= 0.6 is 11.8 Å². The van der Waals surface area contributed by atoms with Gasteiger partial charge in [-0.3, -0.25) is 0 Å². The number of morpholine rings is 1. The molecule has 0 bridgehead atoms. The van der Waals surface area contributed by atoms with Crippen molar-refractivity contribution in [1.82, 2.24) is 0 Å². The number of benzene rings is 6. The molecule has 6 aromatic carbocycles. The fourth-order valence-electron chi connectivity index (χ4n) is 10.9. The van der Waals surface area contributed by atoms with E-state index in [9.17, 15) is 5.11 Å². The van der Waals surface area contributed by atoms with Crippen molar-refractivity contribution in [1.29, 1.82) is 0 Å². The molecule has 0 amide bonds. The lowest BCUT2D eigenvalue weighted by molar-refractivity contribution is 0.122. The highest BCUT2D eigenvalue weighted by Gasteiger charge is 2.51. The smallest absolute Gasteiger partial charge is 0.178 e. The summed E-state index contributed by atoms with van der Waals surface area (Å²) in [6, 6.07) is 41.5. The van der Waals surface area contributed by atoms with Crippen LogP contribution in [0.5, 0.6) is 17.2 Å². The van der Waals surface area contributed by atoms with Crippen molar-refractivity contribution in [2.24, 2.45) is 5.41 Å². The molecule has 10 rings (SSSR count). The molecule has 1 unspecified atom stereocenters. The molecule has 2 aliphatic carbocycles. The zero-order valence-electron chi connectivity index (χ0n) is 35.5. The summed E-state index contributed by atoms with van der Waals surface area (Å²) in [6.45, 7) is 8.18. The van der Waals surface area contributed by atoms with Crippen LogP contribution in [0.25, 0.3) is 28.0 Å². The largest absolute Gasteiger partial charge is 0.496 e. The molecule has 1 saturated carbocycles. The molecule has 312 valence electrons. The molecule has 6 nitrogen and oxygen atoms in total. The maximum absolute atomic E-state index is 9.49. The number of anilines is 1. The fourth-order valence-corrected chi connectivity index (χ4v) is 11.9. The number of aliphatic hydroxyl groups is 1. The highest BCUT2D eigenvalue weighted by Crippen LogP contribution is 2.65. The van der Waals surface area contributed by atoms with Gasteiger partial charge in [-0.25, -0.2) is 0 Å². The first-order valence-electron chi connectivity index (χ1n) is 22.2. The minimum atomic E-state index is -0.956. The van der Waals surface area contributed by atoms with Crippen LogP contribution in [0.3, 0.4) is 0 Å². The number of nitrogens with zero attached hydrogens (tertiary/aromatic N) is 1. The third-order valence-corrected chi connectivity index (χ3v) is 15.5. The normalized spacial score (nSPS) is 19.6. The molecule has 0 radical (unpaired) electrons. The van der Waals surface area contributed by atoms with Crippen molar-refractivity contribution in [2.45, 2.75) is 73.2 Å². The third-order valence-electron chi connectivity index (χ3n) is 14.5. The van der Waals surface area contributed by atoms with Gasteiger partial charge in [-0.15, -0.1) is 0 Å². The van der Waals surface area contributed by atoms with Gasteiger partial charge in [0, 0.05) is 51.2 Å². The van der Waals surface area contributed by atoms with Crippen LogP contribution in [-0.2, 0) is 15.8 Å². The molecular weight excluding hydrogens is 775 g/mol. The number of ether oxygens (including phenoxy) is 4. The van der Waals surface area contributed by atoms with Crippen molar-refractivity contribution in [3.8, 4) is 28.4 Å². The van der Waals surface area contributed by atoms with Gasteiger partial charge in [0.1, 0.15) is 23.9 Å². The molecule has 1 N–H and O–H groups in total. The quantitative estimate of drug-likeness (QED) is 0.140. The molecule has 4 aliphatic rings. The number of fused-ring (bicyclic) bond motifs is 10. The molecule has 2 aliphatic heterocycles. The van der Waals surface area contributed by atoms with E-state index in [4.69, 9.17) is 18.9 Å². The van der Waals surface area contributed by atoms with E-state index >= 15 is 0 Å². The van der Waals surface area contributed by atoms with E-state index in [1.807, 2.05) is 12.1 Å². The Hall–Kier alpha value is -5.21. The van der Waals surface area contributed by atoms with E-state index in [0.29, 0.717) is 11.2 Å². The third kappa shape index (κ3) is 6.72. The summed E-state index contributed by atoms with van der Waals surface area (Å²) < 4.78 is 25.6. The molecule has 1 saturated heterocycles. The Morgan fingerprint density at radius 3 is 2.15 bits per heavy atom. The molecule has 2 heterocycles. The summed E-state index contributed by atoms with van der Waals surface area (Å²) in [5.74, 6) is 2.42.